The van der Waals surface area contributed by atoms with Crippen LogP contribution in [-0.4, -0.2) is 24.5 Å². The second-order valence-electron chi connectivity index (χ2n) is 7.11. The Hall–Kier alpha value is -1.65. The van der Waals surface area contributed by atoms with Gasteiger partial charge in [-0.3, -0.25) is 4.79 Å². The average Bonchev–Trinajstić information content (AvgIpc) is 2.83. The van der Waals surface area contributed by atoms with Crippen molar-refractivity contribution in [3.05, 3.63) is 11.1 Å². The topological polar surface area (TPSA) is 69.7 Å². The van der Waals surface area contributed by atoms with Crippen molar-refractivity contribution in [1.82, 2.24) is 0 Å². The summed E-state index contributed by atoms with van der Waals surface area (Å²) in [5.74, 6) is -1.11. The summed E-state index contributed by atoms with van der Waals surface area (Å²) in [5, 5.41) is 0. The van der Waals surface area contributed by atoms with Crippen LogP contribution in [0.5, 0.6) is 0 Å². The second kappa shape index (κ2) is 13.5. The van der Waals surface area contributed by atoms with Gasteiger partial charge in [0.2, 0.25) is 0 Å². The number of esters is 3. The molecule has 1 heterocycles. The van der Waals surface area contributed by atoms with Crippen LogP contribution >= 0.6 is 0 Å². The largest absolute Gasteiger partial charge is 0.466 e. The minimum atomic E-state index is -0.477. The van der Waals surface area contributed by atoms with Crippen LogP contribution in [0, 0.1) is 0 Å². The van der Waals surface area contributed by atoms with Crippen molar-refractivity contribution in [2.45, 2.75) is 97.3 Å². The van der Waals surface area contributed by atoms with E-state index in [1.165, 1.54) is 58.3 Å². The van der Waals surface area contributed by atoms with Crippen molar-refractivity contribution in [2.24, 2.45) is 0 Å². The highest BCUT2D eigenvalue weighted by molar-refractivity contribution is 6.11. The van der Waals surface area contributed by atoms with Crippen molar-refractivity contribution in [1.29, 1.82) is 0 Å². The van der Waals surface area contributed by atoms with Crippen LogP contribution in [0.15, 0.2) is 11.1 Å². The van der Waals surface area contributed by atoms with Crippen molar-refractivity contribution in [2.75, 3.05) is 6.61 Å². The number of ether oxygens (including phenoxy) is 2. The van der Waals surface area contributed by atoms with Crippen LogP contribution < -0.4 is 0 Å². The summed E-state index contributed by atoms with van der Waals surface area (Å²) in [4.78, 5) is 33.3. The van der Waals surface area contributed by atoms with Gasteiger partial charge in [0.15, 0.2) is 0 Å². The lowest BCUT2D eigenvalue weighted by molar-refractivity contribution is -0.151. The molecule has 0 aliphatic carbocycles. The summed E-state index contributed by atoms with van der Waals surface area (Å²) in [6.07, 6.45) is 14.9. The van der Waals surface area contributed by atoms with Gasteiger partial charge in [-0.2, -0.15) is 0 Å². The Morgan fingerprint density at radius 1 is 0.769 bits per heavy atom. The fourth-order valence-corrected chi connectivity index (χ4v) is 3.18. The highest BCUT2D eigenvalue weighted by atomic mass is 16.6. The highest BCUT2D eigenvalue weighted by Crippen LogP contribution is 2.22. The summed E-state index contributed by atoms with van der Waals surface area (Å²) < 4.78 is 9.50. The molecule has 0 spiro atoms. The molecule has 26 heavy (non-hydrogen) atoms. The van der Waals surface area contributed by atoms with Crippen LogP contribution in [0.4, 0.5) is 0 Å². The molecular formula is C21H34O5. The molecule has 0 bridgehead atoms. The number of unbranched alkanes of at least 4 members (excludes halogenated alkanes) is 11. The Kier molecular flexibility index (Phi) is 11.7. The molecule has 0 aromatic heterocycles. The Bertz CT molecular complexity index is 493. The maximum Gasteiger partial charge on any atom is 0.342 e. The van der Waals surface area contributed by atoms with Gasteiger partial charge in [0, 0.05) is 18.1 Å². The third-order valence-corrected chi connectivity index (χ3v) is 4.82. The Morgan fingerprint density at radius 3 is 1.65 bits per heavy atom. The molecule has 0 saturated heterocycles. The van der Waals surface area contributed by atoms with E-state index < -0.39 is 11.9 Å². The van der Waals surface area contributed by atoms with E-state index >= 15 is 0 Å². The molecule has 0 N–H and O–H groups in total. The minimum absolute atomic E-state index is 0.187. The molecule has 0 amide bonds. The molecular weight excluding hydrogens is 332 g/mol. The Labute approximate surface area is 157 Å². The molecule has 1 aliphatic heterocycles. The Balaban J connectivity index is 1.82. The SMILES string of the molecule is CC(=O)OCCCCCCCCCCCCCCC1=C(C)C(=O)OC1=O. The summed E-state index contributed by atoms with van der Waals surface area (Å²) in [6.45, 7) is 3.68. The standard InChI is InChI=1S/C21H34O5/c1-17-19(21(24)26-20(17)23)15-13-11-9-7-5-3-4-6-8-10-12-14-16-25-18(2)22/h3-16H2,1-2H3. The van der Waals surface area contributed by atoms with Crippen molar-refractivity contribution in [3.63, 3.8) is 0 Å². The second-order valence-corrected chi connectivity index (χ2v) is 7.11. The van der Waals surface area contributed by atoms with Gasteiger partial charge in [0.1, 0.15) is 0 Å². The third-order valence-electron chi connectivity index (χ3n) is 4.82. The molecule has 0 aromatic carbocycles. The van der Waals surface area contributed by atoms with Crippen LogP contribution in [0.3, 0.4) is 0 Å². The predicted molar refractivity (Wildman–Crippen MR) is 100 cm³/mol. The number of carbonyl (C=O) groups excluding carboxylic acids is 3. The van der Waals surface area contributed by atoms with Crippen molar-refractivity contribution in [3.8, 4) is 0 Å². The van der Waals surface area contributed by atoms with E-state index in [-0.39, 0.29) is 5.97 Å². The zero-order chi connectivity index (χ0) is 19.2. The molecule has 0 unspecified atom stereocenters. The smallest absolute Gasteiger partial charge is 0.342 e. The van der Waals surface area contributed by atoms with Gasteiger partial charge < -0.3 is 9.47 Å². The van der Waals surface area contributed by atoms with Crippen molar-refractivity contribution >= 4 is 17.9 Å². The zero-order valence-electron chi connectivity index (χ0n) is 16.4. The molecule has 1 aliphatic rings. The van der Waals surface area contributed by atoms with Crippen LogP contribution in [0.2, 0.25) is 0 Å². The maximum atomic E-state index is 11.5. The number of carbonyl (C=O) groups is 3. The first-order valence-electron chi connectivity index (χ1n) is 10.1. The minimum Gasteiger partial charge on any atom is -0.466 e. The van der Waals surface area contributed by atoms with Gasteiger partial charge in [-0.15, -0.1) is 0 Å². The fourth-order valence-electron chi connectivity index (χ4n) is 3.18. The van der Waals surface area contributed by atoms with Gasteiger partial charge in [-0.05, 0) is 26.2 Å². The molecule has 0 saturated carbocycles. The van der Waals surface area contributed by atoms with Gasteiger partial charge in [0.05, 0.1) is 6.61 Å². The monoisotopic (exact) mass is 366 g/mol. The molecule has 5 nitrogen and oxygen atoms in total. The predicted octanol–water partition coefficient (Wildman–Crippen LogP) is 5.02. The van der Waals surface area contributed by atoms with E-state index in [2.05, 4.69) is 4.74 Å². The molecule has 0 atom stereocenters. The molecule has 0 radical (unpaired) electrons. The summed E-state index contributed by atoms with van der Waals surface area (Å²) >= 11 is 0. The number of cyclic esters (lactones) is 2. The first kappa shape index (κ1) is 22.4. The maximum absolute atomic E-state index is 11.5. The van der Waals surface area contributed by atoms with E-state index in [1.807, 2.05) is 0 Å². The first-order valence-corrected chi connectivity index (χ1v) is 10.1. The third kappa shape index (κ3) is 9.73. The molecule has 0 aromatic rings. The lowest BCUT2D eigenvalue weighted by Crippen LogP contribution is -2.02. The highest BCUT2D eigenvalue weighted by Gasteiger charge is 2.28. The Morgan fingerprint density at radius 2 is 1.23 bits per heavy atom. The quantitative estimate of drug-likeness (QED) is 0.231. The number of hydrogen-bond acceptors (Lipinski definition) is 5. The fraction of sp³-hybridized carbons (Fsp3) is 0.762. The van der Waals surface area contributed by atoms with Gasteiger partial charge >= 0.3 is 17.9 Å². The van der Waals surface area contributed by atoms with Gasteiger partial charge in [-0.25, -0.2) is 9.59 Å². The van der Waals surface area contributed by atoms with E-state index in [9.17, 15) is 14.4 Å². The first-order chi connectivity index (χ1) is 12.5. The summed E-state index contributed by atoms with van der Waals surface area (Å²) in [7, 11) is 0. The van der Waals surface area contributed by atoms with Crippen LogP contribution in [0.1, 0.15) is 97.3 Å². The van der Waals surface area contributed by atoms with Gasteiger partial charge in [-0.1, -0.05) is 64.2 Å². The summed E-state index contributed by atoms with van der Waals surface area (Å²) in [6, 6.07) is 0. The molecule has 1 rings (SSSR count). The van der Waals surface area contributed by atoms with E-state index in [0.29, 0.717) is 24.2 Å². The average molecular weight is 366 g/mol. The molecule has 5 heteroatoms. The van der Waals surface area contributed by atoms with Crippen LogP contribution in [0.25, 0.3) is 0 Å². The van der Waals surface area contributed by atoms with E-state index in [1.54, 1.807) is 6.92 Å². The van der Waals surface area contributed by atoms with E-state index in [0.717, 1.165) is 25.7 Å². The zero-order valence-corrected chi connectivity index (χ0v) is 16.4. The lowest BCUT2D eigenvalue weighted by atomic mass is 10.0. The number of rotatable bonds is 15. The lowest BCUT2D eigenvalue weighted by Gasteiger charge is -2.04. The van der Waals surface area contributed by atoms with Crippen LogP contribution in [-0.2, 0) is 23.9 Å². The summed E-state index contributed by atoms with van der Waals surface area (Å²) in [5.41, 5.74) is 1.06. The van der Waals surface area contributed by atoms with E-state index in [4.69, 9.17) is 4.74 Å². The molecule has 148 valence electrons. The van der Waals surface area contributed by atoms with Crippen molar-refractivity contribution < 1.29 is 23.9 Å². The normalized spacial score (nSPS) is 14.1. The number of hydrogen-bond donors (Lipinski definition) is 0. The van der Waals surface area contributed by atoms with Gasteiger partial charge in [0.25, 0.3) is 0 Å². The molecule has 0 fully saturated rings.